The van der Waals surface area contributed by atoms with E-state index in [0.717, 1.165) is 21.0 Å². The van der Waals surface area contributed by atoms with Crippen LogP contribution in [0.15, 0.2) is 108 Å². The van der Waals surface area contributed by atoms with Crippen LogP contribution in [0.25, 0.3) is 0 Å². The zero-order valence-corrected chi connectivity index (χ0v) is 27.1. The van der Waals surface area contributed by atoms with Crippen LogP contribution in [0.1, 0.15) is 30.5 Å². The Morgan fingerprint density at radius 1 is 0.804 bits per heavy atom. The molecule has 5 rings (SSSR count). The highest BCUT2D eigenvalue weighted by Crippen LogP contribution is 2.36. The number of aryl methyl sites for hydroxylation is 1. The van der Waals surface area contributed by atoms with Gasteiger partial charge in [0.25, 0.3) is 10.0 Å². The molecule has 4 aromatic carbocycles. The number of carbonyl (C=O) groups excluding carboxylic acids is 2. The van der Waals surface area contributed by atoms with Crippen molar-refractivity contribution in [2.75, 3.05) is 24.1 Å². The highest BCUT2D eigenvalue weighted by atomic mass is 32.2. The summed E-state index contributed by atoms with van der Waals surface area (Å²) in [5.41, 5.74) is 2.97. The lowest BCUT2D eigenvalue weighted by atomic mass is 10.0. The summed E-state index contributed by atoms with van der Waals surface area (Å²) in [5.74, 6) is 0.0258. The lowest BCUT2D eigenvalue weighted by Crippen LogP contribution is -2.54. The number of carbonyl (C=O) groups is 2. The summed E-state index contributed by atoms with van der Waals surface area (Å²) in [5, 5.41) is 2.97. The van der Waals surface area contributed by atoms with Gasteiger partial charge in [-0.05, 0) is 56.2 Å². The van der Waals surface area contributed by atoms with Crippen molar-refractivity contribution in [3.63, 3.8) is 0 Å². The van der Waals surface area contributed by atoms with Gasteiger partial charge >= 0.3 is 0 Å². The first-order valence-electron chi connectivity index (χ1n) is 15.3. The Morgan fingerprint density at radius 2 is 1.43 bits per heavy atom. The Morgan fingerprint density at radius 3 is 2.09 bits per heavy atom. The van der Waals surface area contributed by atoms with Gasteiger partial charge < -0.3 is 19.7 Å². The smallest absolute Gasteiger partial charge is 0.264 e. The van der Waals surface area contributed by atoms with Gasteiger partial charge in [0.2, 0.25) is 11.8 Å². The number of sulfonamides is 1. The normalized spacial score (nSPS) is 13.1. The van der Waals surface area contributed by atoms with Gasteiger partial charge in [-0.25, -0.2) is 8.42 Å². The van der Waals surface area contributed by atoms with Crippen LogP contribution in [0.5, 0.6) is 11.5 Å². The molecule has 0 bridgehead atoms. The fraction of sp³-hybridized carbons (Fsp3) is 0.278. The Bertz CT molecular complexity index is 1750. The summed E-state index contributed by atoms with van der Waals surface area (Å²) < 4.78 is 40.9. The van der Waals surface area contributed by atoms with Gasteiger partial charge in [0.05, 0.1) is 10.6 Å². The van der Waals surface area contributed by atoms with Gasteiger partial charge in [0.1, 0.15) is 25.8 Å². The second-order valence-corrected chi connectivity index (χ2v) is 13.4. The molecule has 1 unspecified atom stereocenters. The molecule has 1 aliphatic heterocycles. The van der Waals surface area contributed by atoms with E-state index < -0.39 is 28.5 Å². The maximum atomic E-state index is 14.6. The fourth-order valence-electron chi connectivity index (χ4n) is 5.26. The average molecular weight is 642 g/mol. The van der Waals surface area contributed by atoms with Crippen LogP contribution in [-0.4, -0.2) is 57.0 Å². The van der Waals surface area contributed by atoms with E-state index in [0.29, 0.717) is 24.7 Å². The van der Waals surface area contributed by atoms with Crippen molar-refractivity contribution >= 4 is 27.5 Å². The van der Waals surface area contributed by atoms with Gasteiger partial charge in [-0.1, -0.05) is 78.4 Å². The molecule has 0 spiro atoms. The van der Waals surface area contributed by atoms with Crippen LogP contribution in [0.2, 0.25) is 0 Å². The molecule has 0 saturated heterocycles. The minimum Gasteiger partial charge on any atom is -0.486 e. The molecular formula is C36H39N3O6S. The van der Waals surface area contributed by atoms with Crippen molar-refractivity contribution in [2.24, 2.45) is 0 Å². The molecular weight excluding hydrogens is 602 g/mol. The fourth-order valence-corrected chi connectivity index (χ4v) is 6.69. The summed E-state index contributed by atoms with van der Waals surface area (Å²) in [4.78, 5) is 29.9. The van der Waals surface area contributed by atoms with E-state index in [9.17, 15) is 18.0 Å². The van der Waals surface area contributed by atoms with Gasteiger partial charge in [-0.2, -0.15) is 0 Å². The molecule has 4 aromatic rings. The molecule has 1 aliphatic rings. The summed E-state index contributed by atoms with van der Waals surface area (Å²) in [7, 11) is -4.22. The van der Waals surface area contributed by atoms with E-state index in [1.807, 2.05) is 75.4 Å². The van der Waals surface area contributed by atoms with E-state index >= 15 is 0 Å². The maximum absolute atomic E-state index is 14.6. The number of anilines is 1. The lowest BCUT2D eigenvalue weighted by Gasteiger charge is -2.34. The number of rotatable bonds is 12. The largest absolute Gasteiger partial charge is 0.486 e. The van der Waals surface area contributed by atoms with Crippen LogP contribution < -0.4 is 19.1 Å². The molecule has 46 heavy (non-hydrogen) atoms. The molecule has 1 heterocycles. The van der Waals surface area contributed by atoms with Crippen molar-refractivity contribution in [1.29, 1.82) is 0 Å². The first kappa shape index (κ1) is 32.6. The molecule has 1 N–H and O–H groups in total. The maximum Gasteiger partial charge on any atom is 0.264 e. The van der Waals surface area contributed by atoms with Crippen molar-refractivity contribution in [3.8, 4) is 11.5 Å². The number of benzene rings is 4. The highest BCUT2D eigenvalue weighted by molar-refractivity contribution is 7.92. The first-order chi connectivity index (χ1) is 22.1. The van der Waals surface area contributed by atoms with Crippen molar-refractivity contribution in [1.82, 2.24) is 10.2 Å². The van der Waals surface area contributed by atoms with E-state index in [1.54, 1.807) is 36.4 Å². The molecule has 0 aliphatic carbocycles. The van der Waals surface area contributed by atoms with Crippen LogP contribution in [0.3, 0.4) is 0 Å². The second kappa shape index (κ2) is 14.5. The number of ether oxygens (including phenoxy) is 2. The predicted octanol–water partition coefficient (Wildman–Crippen LogP) is 5.13. The minimum absolute atomic E-state index is 0.0289. The molecule has 9 nitrogen and oxygen atoms in total. The van der Waals surface area contributed by atoms with Crippen molar-refractivity contribution in [3.05, 3.63) is 120 Å². The second-order valence-electron chi connectivity index (χ2n) is 11.5. The van der Waals surface area contributed by atoms with E-state index in [4.69, 9.17) is 9.47 Å². The van der Waals surface area contributed by atoms with Gasteiger partial charge in [-0.3, -0.25) is 13.9 Å². The summed E-state index contributed by atoms with van der Waals surface area (Å²) in [6.45, 7) is 5.94. The average Bonchev–Trinajstić information content (AvgIpc) is 3.06. The standard InChI is InChI=1S/C36H39N3O6S/c1-26(2)37-36(41)32(22-28-10-6-4-7-11-28)38(24-29-16-14-27(3)15-17-29)35(40)25-39(46(42,43)31-12-8-5-9-13-31)30-18-19-33-34(23-30)45-21-20-44-33/h4-19,23,26,32H,20-22,24-25H2,1-3H3,(H,37,41). The molecule has 2 amide bonds. The van der Waals surface area contributed by atoms with Crippen LogP contribution in [-0.2, 0) is 32.6 Å². The van der Waals surface area contributed by atoms with Crippen molar-refractivity contribution < 1.29 is 27.5 Å². The Labute approximate surface area is 270 Å². The van der Waals surface area contributed by atoms with E-state index in [2.05, 4.69) is 5.32 Å². The molecule has 1 atom stereocenters. The summed E-state index contributed by atoms with van der Waals surface area (Å²) in [6.07, 6.45) is 0.243. The van der Waals surface area contributed by atoms with Gasteiger partial charge in [0.15, 0.2) is 11.5 Å². The monoisotopic (exact) mass is 641 g/mol. The Hall–Kier alpha value is -4.83. The van der Waals surface area contributed by atoms with E-state index in [1.165, 1.54) is 17.0 Å². The number of amides is 2. The molecule has 0 radical (unpaired) electrons. The SMILES string of the molecule is Cc1ccc(CN(C(=O)CN(c2ccc3c(c2)OCCO3)S(=O)(=O)c2ccccc2)C(Cc2ccccc2)C(=O)NC(C)C)cc1. The van der Waals surface area contributed by atoms with Crippen LogP contribution in [0, 0.1) is 6.92 Å². The van der Waals surface area contributed by atoms with Crippen LogP contribution >= 0.6 is 0 Å². The third kappa shape index (κ3) is 7.87. The molecule has 0 aromatic heterocycles. The van der Waals surface area contributed by atoms with E-state index in [-0.39, 0.29) is 35.5 Å². The van der Waals surface area contributed by atoms with Gasteiger partial charge in [0, 0.05) is 25.1 Å². The predicted molar refractivity (Wildman–Crippen MR) is 177 cm³/mol. The van der Waals surface area contributed by atoms with Gasteiger partial charge in [-0.15, -0.1) is 0 Å². The lowest BCUT2D eigenvalue weighted by molar-refractivity contribution is -0.140. The molecule has 240 valence electrons. The van der Waals surface area contributed by atoms with Crippen LogP contribution in [0.4, 0.5) is 5.69 Å². The quantitative estimate of drug-likeness (QED) is 0.230. The zero-order chi connectivity index (χ0) is 32.7. The number of nitrogens with one attached hydrogen (secondary N) is 1. The Balaban J connectivity index is 1.58. The first-order valence-corrected chi connectivity index (χ1v) is 16.7. The highest BCUT2D eigenvalue weighted by Gasteiger charge is 2.35. The zero-order valence-electron chi connectivity index (χ0n) is 26.3. The number of fused-ring (bicyclic) bond motifs is 1. The Kier molecular flexibility index (Phi) is 10.3. The summed E-state index contributed by atoms with van der Waals surface area (Å²) >= 11 is 0. The third-order valence-electron chi connectivity index (χ3n) is 7.60. The summed E-state index contributed by atoms with van der Waals surface area (Å²) in [6, 6.07) is 28.9. The molecule has 0 saturated carbocycles. The number of nitrogens with zero attached hydrogens (tertiary/aromatic N) is 2. The third-order valence-corrected chi connectivity index (χ3v) is 9.39. The minimum atomic E-state index is -4.22. The molecule has 0 fully saturated rings. The molecule has 10 heteroatoms. The van der Waals surface area contributed by atoms with Crippen molar-refractivity contribution in [2.45, 2.75) is 50.7 Å². The number of hydrogen-bond donors (Lipinski definition) is 1. The number of hydrogen-bond acceptors (Lipinski definition) is 6. The topological polar surface area (TPSA) is 105 Å².